The Morgan fingerprint density at radius 1 is 1.18 bits per heavy atom. The van der Waals surface area contributed by atoms with E-state index in [-0.39, 0.29) is 17.3 Å². The second-order valence-electron chi connectivity index (χ2n) is 8.11. The van der Waals surface area contributed by atoms with Gasteiger partial charge in [0.2, 0.25) is 0 Å². The minimum Gasteiger partial charge on any atom is -0.496 e. The maximum absolute atomic E-state index is 13.9. The summed E-state index contributed by atoms with van der Waals surface area (Å²) in [5.74, 6) is 1.27. The van der Waals surface area contributed by atoms with Gasteiger partial charge in [-0.3, -0.25) is 0 Å². The second-order valence-corrected chi connectivity index (χ2v) is 8.11. The summed E-state index contributed by atoms with van der Waals surface area (Å²) >= 11 is 0. The molecule has 152 valence electrons. The van der Waals surface area contributed by atoms with Gasteiger partial charge in [-0.15, -0.1) is 0 Å². The molecule has 0 aliphatic carbocycles. The summed E-state index contributed by atoms with van der Waals surface area (Å²) in [6, 6.07) is 15.3. The van der Waals surface area contributed by atoms with Crippen LogP contribution in [-0.4, -0.2) is 26.4 Å². The van der Waals surface area contributed by atoms with Gasteiger partial charge in [-0.1, -0.05) is 50.2 Å². The zero-order valence-electron chi connectivity index (χ0n) is 17.2. The molecular formula is C24H32FNO2. The standard InChI is InChI=1S/C24H32FNO2/c1-18(2)23-16-24(13-15-28-23,20-9-5-7-11-22(20)27-3)12-14-26-17-19-8-4-6-10-21(19)25/h4-11,18,23,26H,12-17H2,1-3H3/t23-,24+/m0/s1. The molecule has 28 heavy (non-hydrogen) atoms. The van der Waals surface area contributed by atoms with Gasteiger partial charge in [0.15, 0.2) is 0 Å². The number of hydrogen-bond acceptors (Lipinski definition) is 3. The average molecular weight is 386 g/mol. The van der Waals surface area contributed by atoms with Crippen molar-refractivity contribution in [1.82, 2.24) is 5.32 Å². The molecular weight excluding hydrogens is 353 g/mol. The number of para-hydroxylation sites is 1. The molecule has 1 aliphatic rings. The Balaban J connectivity index is 1.76. The van der Waals surface area contributed by atoms with Crippen molar-refractivity contribution in [3.63, 3.8) is 0 Å². The second kappa shape index (κ2) is 9.53. The molecule has 2 atom stereocenters. The van der Waals surface area contributed by atoms with Gasteiger partial charge in [-0.2, -0.15) is 0 Å². The Morgan fingerprint density at radius 3 is 2.68 bits per heavy atom. The van der Waals surface area contributed by atoms with Crippen LogP contribution in [0, 0.1) is 11.7 Å². The quantitative estimate of drug-likeness (QED) is 0.642. The van der Waals surface area contributed by atoms with E-state index in [2.05, 4.69) is 31.3 Å². The Bertz CT molecular complexity index is 764. The largest absolute Gasteiger partial charge is 0.496 e. The third-order valence-corrected chi connectivity index (χ3v) is 5.98. The summed E-state index contributed by atoms with van der Waals surface area (Å²) in [4.78, 5) is 0. The van der Waals surface area contributed by atoms with Crippen LogP contribution in [0.15, 0.2) is 48.5 Å². The average Bonchev–Trinajstić information content (AvgIpc) is 2.72. The summed E-state index contributed by atoms with van der Waals surface area (Å²) < 4.78 is 25.6. The number of hydrogen-bond donors (Lipinski definition) is 1. The van der Waals surface area contributed by atoms with Crippen LogP contribution in [0.5, 0.6) is 5.75 Å². The van der Waals surface area contributed by atoms with E-state index in [9.17, 15) is 4.39 Å². The van der Waals surface area contributed by atoms with Gasteiger partial charge >= 0.3 is 0 Å². The molecule has 3 nitrogen and oxygen atoms in total. The Hall–Kier alpha value is -1.91. The predicted octanol–water partition coefficient (Wildman–Crippen LogP) is 5.09. The van der Waals surface area contributed by atoms with Gasteiger partial charge in [0.05, 0.1) is 13.2 Å². The van der Waals surface area contributed by atoms with Gasteiger partial charge in [-0.25, -0.2) is 4.39 Å². The molecule has 1 aliphatic heterocycles. The van der Waals surface area contributed by atoms with Crippen LogP contribution in [0.3, 0.4) is 0 Å². The highest BCUT2D eigenvalue weighted by molar-refractivity contribution is 5.40. The lowest BCUT2D eigenvalue weighted by Crippen LogP contribution is -2.42. The Morgan fingerprint density at radius 2 is 1.93 bits per heavy atom. The first-order valence-electron chi connectivity index (χ1n) is 10.2. The fourth-order valence-corrected chi connectivity index (χ4v) is 4.26. The number of methoxy groups -OCH3 is 1. The van der Waals surface area contributed by atoms with Crippen molar-refractivity contribution in [3.8, 4) is 5.75 Å². The molecule has 0 aromatic heterocycles. The number of benzene rings is 2. The zero-order chi connectivity index (χ0) is 20.0. The van der Waals surface area contributed by atoms with Crippen LogP contribution in [-0.2, 0) is 16.7 Å². The van der Waals surface area contributed by atoms with Crippen molar-refractivity contribution >= 4 is 0 Å². The molecule has 0 amide bonds. The lowest BCUT2D eigenvalue weighted by Gasteiger charge is -2.43. The van der Waals surface area contributed by atoms with Crippen molar-refractivity contribution < 1.29 is 13.9 Å². The highest BCUT2D eigenvalue weighted by Gasteiger charge is 2.40. The van der Waals surface area contributed by atoms with E-state index in [0.29, 0.717) is 18.0 Å². The molecule has 0 unspecified atom stereocenters. The fraction of sp³-hybridized carbons (Fsp3) is 0.500. The van der Waals surface area contributed by atoms with E-state index in [1.165, 1.54) is 11.6 Å². The monoisotopic (exact) mass is 385 g/mol. The molecule has 0 radical (unpaired) electrons. The highest BCUT2D eigenvalue weighted by atomic mass is 19.1. The lowest BCUT2D eigenvalue weighted by molar-refractivity contribution is -0.0473. The molecule has 4 heteroatoms. The van der Waals surface area contributed by atoms with Crippen LogP contribution in [0.2, 0.25) is 0 Å². The van der Waals surface area contributed by atoms with Crippen molar-refractivity contribution in [1.29, 1.82) is 0 Å². The minimum absolute atomic E-state index is 0.00201. The number of rotatable bonds is 8. The Kier molecular flexibility index (Phi) is 7.08. The Labute approximate surface area is 168 Å². The maximum atomic E-state index is 13.9. The predicted molar refractivity (Wildman–Crippen MR) is 111 cm³/mol. The topological polar surface area (TPSA) is 30.5 Å². The van der Waals surface area contributed by atoms with Crippen molar-refractivity contribution in [2.24, 2.45) is 5.92 Å². The molecule has 0 bridgehead atoms. The molecule has 0 spiro atoms. The molecule has 1 heterocycles. The van der Waals surface area contributed by atoms with Crippen LogP contribution in [0.25, 0.3) is 0 Å². The van der Waals surface area contributed by atoms with E-state index < -0.39 is 0 Å². The van der Waals surface area contributed by atoms with E-state index in [1.807, 2.05) is 24.3 Å². The first-order chi connectivity index (χ1) is 13.6. The number of ether oxygens (including phenoxy) is 2. The normalized spacial score (nSPS) is 22.4. The van der Waals surface area contributed by atoms with Gasteiger partial charge in [0, 0.05) is 29.7 Å². The van der Waals surface area contributed by atoms with Crippen LogP contribution in [0.1, 0.15) is 44.2 Å². The lowest BCUT2D eigenvalue weighted by atomic mass is 9.68. The summed E-state index contributed by atoms with van der Waals surface area (Å²) in [6.07, 6.45) is 3.16. The van der Waals surface area contributed by atoms with Crippen molar-refractivity contribution in [2.75, 3.05) is 20.3 Å². The van der Waals surface area contributed by atoms with E-state index in [1.54, 1.807) is 13.2 Å². The summed E-state index contributed by atoms with van der Waals surface area (Å²) in [7, 11) is 1.74. The van der Waals surface area contributed by atoms with E-state index >= 15 is 0 Å². The summed E-state index contributed by atoms with van der Waals surface area (Å²) in [6.45, 7) is 6.56. The van der Waals surface area contributed by atoms with Crippen LogP contribution in [0.4, 0.5) is 4.39 Å². The van der Waals surface area contributed by atoms with E-state index in [4.69, 9.17) is 9.47 Å². The molecule has 1 saturated heterocycles. The van der Waals surface area contributed by atoms with Crippen molar-refractivity contribution in [2.45, 2.75) is 51.2 Å². The molecule has 1 fully saturated rings. The number of nitrogens with one attached hydrogen (secondary N) is 1. The highest BCUT2D eigenvalue weighted by Crippen LogP contribution is 2.45. The zero-order valence-corrected chi connectivity index (χ0v) is 17.2. The SMILES string of the molecule is COc1ccccc1[C@]1(CCNCc2ccccc2F)CCO[C@H](C(C)C)C1. The third-order valence-electron chi connectivity index (χ3n) is 5.98. The summed E-state index contributed by atoms with van der Waals surface area (Å²) in [5.41, 5.74) is 1.97. The van der Waals surface area contributed by atoms with Crippen molar-refractivity contribution in [3.05, 3.63) is 65.5 Å². The van der Waals surface area contributed by atoms with Gasteiger partial charge in [-0.05, 0) is 43.9 Å². The van der Waals surface area contributed by atoms with Crippen LogP contribution >= 0.6 is 0 Å². The first kappa shape index (κ1) is 20.8. The summed E-state index contributed by atoms with van der Waals surface area (Å²) in [5, 5.41) is 3.44. The fourth-order valence-electron chi connectivity index (χ4n) is 4.26. The maximum Gasteiger partial charge on any atom is 0.127 e. The third kappa shape index (κ3) is 4.73. The smallest absolute Gasteiger partial charge is 0.127 e. The number of halogens is 1. The first-order valence-corrected chi connectivity index (χ1v) is 10.2. The van der Waals surface area contributed by atoms with Gasteiger partial charge in [0.1, 0.15) is 11.6 Å². The molecule has 2 aromatic rings. The molecule has 0 saturated carbocycles. The van der Waals surface area contributed by atoms with Crippen LogP contribution < -0.4 is 10.1 Å². The van der Waals surface area contributed by atoms with Gasteiger partial charge in [0.25, 0.3) is 0 Å². The minimum atomic E-state index is -0.152. The molecule has 3 rings (SSSR count). The van der Waals surface area contributed by atoms with Gasteiger partial charge < -0.3 is 14.8 Å². The van der Waals surface area contributed by atoms with E-state index in [0.717, 1.165) is 38.2 Å². The molecule has 2 aromatic carbocycles. The molecule has 1 N–H and O–H groups in total.